The predicted molar refractivity (Wildman–Crippen MR) is 72.4 cm³/mol. The van der Waals surface area contributed by atoms with Crippen molar-refractivity contribution in [1.29, 1.82) is 0 Å². The molecule has 0 spiro atoms. The van der Waals surface area contributed by atoms with Gasteiger partial charge in [-0.15, -0.1) is 0 Å². The third-order valence-corrected chi connectivity index (χ3v) is 2.62. The minimum Gasteiger partial charge on any atom is -0.436 e. The van der Waals surface area contributed by atoms with Gasteiger partial charge in [0.2, 0.25) is 5.88 Å². The van der Waals surface area contributed by atoms with E-state index < -0.39 is 0 Å². The van der Waals surface area contributed by atoms with Crippen molar-refractivity contribution in [2.75, 3.05) is 5.73 Å². The van der Waals surface area contributed by atoms with E-state index in [0.717, 1.165) is 5.69 Å². The van der Waals surface area contributed by atoms with Gasteiger partial charge in [0.05, 0.1) is 17.0 Å². The molecule has 0 bridgehead atoms. The Balaban J connectivity index is 2.43. The number of nitrogen functional groups attached to an aromatic ring is 1. The zero-order valence-electron chi connectivity index (χ0n) is 11.1. The molecule has 2 N–H and O–H groups in total. The third kappa shape index (κ3) is 2.88. The maximum absolute atomic E-state index is 11.6. The van der Waals surface area contributed by atoms with E-state index in [0.29, 0.717) is 28.6 Å². The van der Waals surface area contributed by atoms with Gasteiger partial charge in [0.25, 0.3) is 0 Å². The quantitative estimate of drug-likeness (QED) is 0.675. The average Bonchev–Trinajstić information content (AvgIpc) is 2.35. The molecule has 1 aromatic heterocycles. The first-order valence-electron chi connectivity index (χ1n) is 5.86. The Morgan fingerprint density at radius 2 is 2.05 bits per heavy atom. The molecule has 0 radical (unpaired) electrons. The van der Waals surface area contributed by atoms with E-state index in [4.69, 9.17) is 10.5 Å². The summed E-state index contributed by atoms with van der Waals surface area (Å²) in [6.45, 7) is 5.09. The number of nitrogens with zero attached hydrogens (tertiary/aromatic N) is 2. The molecule has 0 aliphatic carbocycles. The first-order chi connectivity index (χ1) is 8.97. The molecule has 0 amide bonds. The molecule has 1 heterocycles. The number of rotatable bonds is 3. The average molecular weight is 257 g/mol. The molecule has 5 heteroatoms. The van der Waals surface area contributed by atoms with Gasteiger partial charge < -0.3 is 10.5 Å². The summed E-state index contributed by atoms with van der Waals surface area (Å²) in [4.78, 5) is 20.0. The highest BCUT2D eigenvalue weighted by Gasteiger charge is 2.12. The Morgan fingerprint density at radius 3 is 2.74 bits per heavy atom. The van der Waals surface area contributed by atoms with Crippen LogP contribution >= 0.6 is 0 Å². The smallest absolute Gasteiger partial charge is 0.241 e. The van der Waals surface area contributed by atoms with Crippen LogP contribution < -0.4 is 10.5 Å². The number of carbonyl (C=O) groups excluding carboxylic acids is 1. The first kappa shape index (κ1) is 13.0. The minimum atomic E-state index is -0.111. The molecular formula is C14H15N3O2. The topological polar surface area (TPSA) is 78.1 Å². The standard InChI is InChI=1S/C14H15N3O2/c1-8-7-16-9(2)14(17-8)19-13-5-4-11(15)6-12(13)10(3)18/h4-7H,15H2,1-3H3. The van der Waals surface area contributed by atoms with E-state index in [1.165, 1.54) is 6.92 Å². The molecule has 2 rings (SSSR count). The molecule has 5 nitrogen and oxygen atoms in total. The summed E-state index contributed by atoms with van der Waals surface area (Å²) < 4.78 is 5.69. The van der Waals surface area contributed by atoms with Gasteiger partial charge in [0.1, 0.15) is 5.75 Å². The Morgan fingerprint density at radius 1 is 1.32 bits per heavy atom. The summed E-state index contributed by atoms with van der Waals surface area (Å²) >= 11 is 0. The zero-order chi connectivity index (χ0) is 14.0. The predicted octanol–water partition coefficient (Wildman–Crippen LogP) is 2.67. The minimum absolute atomic E-state index is 0.111. The van der Waals surface area contributed by atoms with E-state index in [9.17, 15) is 4.79 Å². The second-order valence-electron chi connectivity index (χ2n) is 4.32. The van der Waals surface area contributed by atoms with Crippen molar-refractivity contribution in [3.63, 3.8) is 0 Å². The summed E-state index contributed by atoms with van der Waals surface area (Å²) in [6, 6.07) is 4.94. The molecule has 0 unspecified atom stereocenters. The van der Waals surface area contributed by atoms with Crippen molar-refractivity contribution in [1.82, 2.24) is 9.97 Å². The van der Waals surface area contributed by atoms with Crippen LogP contribution in [-0.2, 0) is 0 Å². The van der Waals surface area contributed by atoms with Crippen molar-refractivity contribution in [3.8, 4) is 11.6 Å². The number of ketones is 1. The normalized spacial score (nSPS) is 10.3. The number of aromatic nitrogens is 2. The highest BCUT2D eigenvalue weighted by molar-refractivity contribution is 5.97. The van der Waals surface area contributed by atoms with Gasteiger partial charge in [0, 0.05) is 11.9 Å². The van der Waals surface area contributed by atoms with Crippen molar-refractivity contribution in [2.45, 2.75) is 20.8 Å². The van der Waals surface area contributed by atoms with E-state index >= 15 is 0 Å². The Labute approximate surface area is 111 Å². The fourth-order valence-electron chi connectivity index (χ4n) is 1.63. The number of benzene rings is 1. The molecule has 1 aromatic carbocycles. The van der Waals surface area contributed by atoms with Crippen LogP contribution in [0.25, 0.3) is 0 Å². The lowest BCUT2D eigenvalue weighted by molar-refractivity contribution is 0.101. The van der Waals surface area contributed by atoms with Crippen molar-refractivity contribution < 1.29 is 9.53 Å². The highest BCUT2D eigenvalue weighted by Crippen LogP contribution is 2.27. The van der Waals surface area contributed by atoms with Crippen LogP contribution in [-0.4, -0.2) is 15.8 Å². The first-order valence-corrected chi connectivity index (χ1v) is 5.86. The largest absolute Gasteiger partial charge is 0.436 e. The molecule has 98 valence electrons. The van der Waals surface area contributed by atoms with E-state index in [-0.39, 0.29) is 5.78 Å². The summed E-state index contributed by atoms with van der Waals surface area (Å²) in [5.41, 5.74) is 8.04. The number of aryl methyl sites for hydroxylation is 2. The lowest BCUT2D eigenvalue weighted by Crippen LogP contribution is -2.02. The fraction of sp³-hybridized carbons (Fsp3) is 0.214. The van der Waals surface area contributed by atoms with Gasteiger partial charge in [-0.3, -0.25) is 9.78 Å². The van der Waals surface area contributed by atoms with Crippen LogP contribution in [0.2, 0.25) is 0 Å². The van der Waals surface area contributed by atoms with Crippen LogP contribution in [0.1, 0.15) is 28.7 Å². The van der Waals surface area contributed by atoms with E-state index in [1.54, 1.807) is 31.3 Å². The lowest BCUT2D eigenvalue weighted by Gasteiger charge is -2.11. The van der Waals surface area contributed by atoms with Crippen molar-refractivity contribution in [2.24, 2.45) is 0 Å². The molecule has 0 saturated carbocycles. The SMILES string of the molecule is CC(=O)c1cc(N)ccc1Oc1nc(C)cnc1C. The van der Waals surface area contributed by atoms with Crippen LogP contribution in [0.3, 0.4) is 0 Å². The van der Waals surface area contributed by atoms with Gasteiger partial charge in [-0.1, -0.05) is 0 Å². The van der Waals surface area contributed by atoms with Crippen LogP contribution in [0.5, 0.6) is 11.6 Å². The number of hydrogen-bond acceptors (Lipinski definition) is 5. The number of ether oxygens (including phenoxy) is 1. The number of Topliss-reactive ketones (excluding diaryl/α,β-unsaturated/α-hetero) is 1. The fourth-order valence-corrected chi connectivity index (χ4v) is 1.63. The van der Waals surface area contributed by atoms with E-state index in [2.05, 4.69) is 9.97 Å². The Hall–Kier alpha value is -2.43. The molecule has 0 fully saturated rings. The highest BCUT2D eigenvalue weighted by atomic mass is 16.5. The lowest BCUT2D eigenvalue weighted by atomic mass is 10.1. The molecule has 19 heavy (non-hydrogen) atoms. The van der Waals surface area contributed by atoms with Crippen molar-refractivity contribution in [3.05, 3.63) is 41.3 Å². The summed E-state index contributed by atoms with van der Waals surface area (Å²) in [7, 11) is 0. The number of carbonyl (C=O) groups is 1. The molecule has 2 aromatic rings. The van der Waals surface area contributed by atoms with Gasteiger partial charge in [0.15, 0.2) is 5.78 Å². The third-order valence-electron chi connectivity index (χ3n) is 2.62. The second kappa shape index (κ2) is 5.06. The summed E-state index contributed by atoms with van der Waals surface area (Å²) in [6.07, 6.45) is 1.66. The maximum Gasteiger partial charge on any atom is 0.241 e. The molecule has 0 atom stereocenters. The second-order valence-corrected chi connectivity index (χ2v) is 4.32. The van der Waals surface area contributed by atoms with E-state index in [1.807, 2.05) is 6.92 Å². The summed E-state index contributed by atoms with van der Waals surface area (Å²) in [5, 5.41) is 0. The Kier molecular flexibility index (Phi) is 3.46. The monoisotopic (exact) mass is 257 g/mol. The Bertz CT molecular complexity index is 639. The summed E-state index contributed by atoms with van der Waals surface area (Å²) in [5.74, 6) is 0.720. The van der Waals surface area contributed by atoms with Crippen LogP contribution in [0.4, 0.5) is 5.69 Å². The molecule has 0 saturated heterocycles. The number of anilines is 1. The molecular weight excluding hydrogens is 242 g/mol. The van der Waals surface area contributed by atoms with Crippen molar-refractivity contribution >= 4 is 11.5 Å². The van der Waals surface area contributed by atoms with Gasteiger partial charge in [-0.2, -0.15) is 0 Å². The van der Waals surface area contributed by atoms with Crippen LogP contribution in [0.15, 0.2) is 24.4 Å². The molecule has 0 aliphatic rings. The maximum atomic E-state index is 11.6. The van der Waals surface area contributed by atoms with Gasteiger partial charge >= 0.3 is 0 Å². The van der Waals surface area contributed by atoms with Gasteiger partial charge in [-0.05, 0) is 39.0 Å². The number of nitrogens with two attached hydrogens (primary N) is 1. The zero-order valence-corrected chi connectivity index (χ0v) is 11.1. The van der Waals surface area contributed by atoms with Gasteiger partial charge in [-0.25, -0.2) is 4.98 Å². The van der Waals surface area contributed by atoms with Crippen LogP contribution in [0, 0.1) is 13.8 Å². The number of hydrogen-bond donors (Lipinski definition) is 1. The molecule has 0 aliphatic heterocycles.